The van der Waals surface area contributed by atoms with Crippen molar-refractivity contribution in [2.45, 2.75) is 13.5 Å². The smallest absolute Gasteiger partial charge is 0.276 e. The third-order valence-electron chi connectivity index (χ3n) is 6.09. The Balaban J connectivity index is 1.28. The van der Waals surface area contributed by atoms with Crippen LogP contribution in [0.1, 0.15) is 21.7 Å². The second-order valence-electron chi connectivity index (χ2n) is 8.10. The van der Waals surface area contributed by atoms with E-state index in [0.29, 0.717) is 11.2 Å². The molecule has 0 unspecified atom stereocenters. The molecular formula is C23H25N7O2. The van der Waals surface area contributed by atoms with Gasteiger partial charge in [-0.3, -0.25) is 14.5 Å². The van der Waals surface area contributed by atoms with Crippen molar-refractivity contribution in [3.63, 3.8) is 0 Å². The van der Waals surface area contributed by atoms with Gasteiger partial charge in [0, 0.05) is 45.2 Å². The van der Waals surface area contributed by atoms with E-state index in [1.54, 1.807) is 19.4 Å². The number of amides is 1. The van der Waals surface area contributed by atoms with Gasteiger partial charge in [0.1, 0.15) is 5.69 Å². The monoisotopic (exact) mass is 431 g/mol. The number of hydrogen-bond donors (Lipinski definition) is 3. The van der Waals surface area contributed by atoms with Gasteiger partial charge in [-0.2, -0.15) is 0 Å². The lowest BCUT2D eigenvalue weighted by molar-refractivity contribution is 0.0958. The molecule has 0 radical (unpaired) electrons. The molecule has 3 aromatic heterocycles. The number of carbonyl (C=O) groups is 1. The summed E-state index contributed by atoms with van der Waals surface area (Å²) in [5.41, 5.74) is 5.39. The number of fused-ring (bicyclic) bond motifs is 3. The Kier molecular flexibility index (Phi) is 5.10. The van der Waals surface area contributed by atoms with Crippen LogP contribution in [0.5, 0.6) is 0 Å². The standard InChI is InChI=1S/C23H25N7O2/c1-14-19(6-5-17(27-14)22(31)24-2)30-9-7-29(8-10-30)12-15-3-4-16-18(11-15)28-23(32)21-20(16)25-13-26-21/h3-6,11,13H,7-10,12H2,1-2H3,(H,24,31)(H,25,26)(H,28,32). The second-order valence-corrected chi connectivity index (χ2v) is 8.10. The number of aromatic amines is 2. The Morgan fingerprint density at radius 3 is 2.72 bits per heavy atom. The molecule has 1 amide bonds. The number of carbonyl (C=O) groups excluding carboxylic acids is 1. The van der Waals surface area contributed by atoms with E-state index in [-0.39, 0.29) is 11.5 Å². The fourth-order valence-corrected chi connectivity index (χ4v) is 4.41. The van der Waals surface area contributed by atoms with Crippen LogP contribution >= 0.6 is 0 Å². The summed E-state index contributed by atoms with van der Waals surface area (Å²) in [4.78, 5) is 43.4. The largest absolute Gasteiger partial charge is 0.368 e. The van der Waals surface area contributed by atoms with E-state index >= 15 is 0 Å². The topological polar surface area (TPSA) is 110 Å². The molecule has 4 heterocycles. The van der Waals surface area contributed by atoms with E-state index in [2.05, 4.69) is 47.2 Å². The van der Waals surface area contributed by atoms with Gasteiger partial charge < -0.3 is 20.2 Å². The van der Waals surface area contributed by atoms with Crippen molar-refractivity contribution in [3.05, 3.63) is 64.0 Å². The number of anilines is 1. The number of benzene rings is 1. The van der Waals surface area contributed by atoms with Crippen LogP contribution in [0, 0.1) is 6.92 Å². The molecule has 5 rings (SSSR count). The molecule has 1 aromatic carbocycles. The molecule has 164 valence electrons. The maximum absolute atomic E-state index is 12.2. The molecule has 0 aliphatic carbocycles. The molecule has 0 spiro atoms. The molecule has 4 aromatic rings. The summed E-state index contributed by atoms with van der Waals surface area (Å²) in [5, 5.41) is 3.58. The SMILES string of the molecule is CNC(=O)c1ccc(N2CCN(Cc3ccc4c(c3)[nH]c(=O)c3nc[nH]c34)CC2)c(C)n1. The number of piperazine rings is 1. The molecule has 0 bridgehead atoms. The number of nitrogens with one attached hydrogen (secondary N) is 3. The van der Waals surface area contributed by atoms with E-state index < -0.39 is 0 Å². The highest BCUT2D eigenvalue weighted by atomic mass is 16.1. The van der Waals surface area contributed by atoms with Crippen LogP contribution in [0.2, 0.25) is 0 Å². The molecule has 9 heteroatoms. The van der Waals surface area contributed by atoms with Crippen LogP contribution in [0.3, 0.4) is 0 Å². The Bertz CT molecular complexity index is 1370. The lowest BCUT2D eigenvalue weighted by Crippen LogP contribution is -2.46. The van der Waals surface area contributed by atoms with Gasteiger partial charge in [-0.1, -0.05) is 12.1 Å². The Hall–Kier alpha value is -3.72. The number of aryl methyl sites for hydroxylation is 1. The van der Waals surface area contributed by atoms with Crippen molar-refractivity contribution in [1.82, 2.24) is 30.2 Å². The van der Waals surface area contributed by atoms with Gasteiger partial charge in [-0.25, -0.2) is 9.97 Å². The van der Waals surface area contributed by atoms with E-state index in [0.717, 1.165) is 66.1 Å². The number of imidazole rings is 1. The Morgan fingerprint density at radius 2 is 1.97 bits per heavy atom. The molecule has 1 saturated heterocycles. The fraction of sp³-hybridized carbons (Fsp3) is 0.304. The molecule has 0 atom stereocenters. The van der Waals surface area contributed by atoms with Gasteiger partial charge in [0.05, 0.1) is 28.7 Å². The number of nitrogens with zero attached hydrogens (tertiary/aromatic N) is 4. The highest BCUT2D eigenvalue weighted by Crippen LogP contribution is 2.23. The lowest BCUT2D eigenvalue weighted by Gasteiger charge is -2.36. The van der Waals surface area contributed by atoms with Crippen LogP contribution in [-0.2, 0) is 6.54 Å². The van der Waals surface area contributed by atoms with Crippen molar-refractivity contribution < 1.29 is 4.79 Å². The molecule has 0 saturated carbocycles. The number of aromatic nitrogens is 4. The number of hydrogen-bond acceptors (Lipinski definition) is 6. The van der Waals surface area contributed by atoms with Gasteiger partial charge in [0.2, 0.25) is 0 Å². The number of rotatable bonds is 4. The minimum Gasteiger partial charge on any atom is -0.368 e. The summed E-state index contributed by atoms with van der Waals surface area (Å²) >= 11 is 0. The third kappa shape index (κ3) is 3.60. The summed E-state index contributed by atoms with van der Waals surface area (Å²) in [5.74, 6) is -0.172. The molecule has 1 aliphatic rings. The van der Waals surface area contributed by atoms with Crippen molar-refractivity contribution in [2.24, 2.45) is 0 Å². The second kappa shape index (κ2) is 8.08. The van der Waals surface area contributed by atoms with E-state index in [4.69, 9.17) is 0 Å². The minimum atomic E-state index is -0.175. The van der Waals surface area contributed by atoms with Crippen LogP contribution in [0.4, 0.5) is 5.69 Å². The van der Waals surface area contributed by atoms with Gasteiger partial charge in [0.15, 0.2) is 5.52 Å². The molecular weight excluding hydrogens is 406 g/mol. The van der Waals surface area contributed by atoms with Gasteiger partial charge >= 0.3 is 0 Å². The van der Waals surface area contributed by atoms with Crippen LogP contribution in [-0.4, -0.2) is 64.0 Å². The highest BCUT2D eigenvalue weighted by Gasteiger charge is 2.20. The molecule has 1 fully saturated rings. The van der Waals surface area contributed by atoms with Crippen LogP contribution in [0.15, 0.2) is 41.5 Å². The van der Waals surface area contributed by atoms with Gasteiger partial charge in [0.25, 0.3) is 11.5 Å². The van der Waals surface area contributed by atoms with Crippen molar-refractivity contribution >= 4 is 33.5 Å². The first kappa shape index (κ1) is 20.2. The average molecular weight is 432 g/mol. The zero-order chi connectivity index (χ0) is 22.2. The maximum atomic E-state index is 12.2. The first-order valence-corrected chi connectivity index (χ1v) is 10.7. The lowest BCUT2D eigenvalue weighted by atomic mass is 10.1. The Labute approximate surface area is 184 Å². The van der Waals surface area contributed by atoms with Crippen LogP contribution in [0.25, 0.3) is 21.9 Å². The molecule has 1 aliphatic heterocycles. The van der Waals surface area contributed by atoms with Gasteiger partial charge in [-0.05, 0) is 30.7 Å². The normalized spacial score (nSPS) is 14.9. The van der Waals surface area contributed by atoms with Crippen molar-refractivity contribution in [1.29, 1.82) is 0 Å². The summed E-state index contributed by atoms with van der Waals surface area (Å²) in [6, 6.07) is 9.97. The third-order valence-corrected chi connectivity index (χ3v) is 6.09. The van der Waals surface area contributed by atoms with Crippen LogP contribution < -0.4 is 15.8 Å². The van der Waals surface area contributed by atoms with E-state index in [9.17, 15) is 9.59 Å². The maximum Gasteiger partial charge on any atom is 0.276 e. The zero-order valence-corrected chi connectivity index (χ0v) is 18.1. The zero-order valence-electron chi connectivity index (χ0n) is 18.1. The molecule has 3 N–H and O–H groups in total. The Morgan fingerprint density at radius 1 is 1.16 bits per heavy atom. The average Bonchev–Trinajstić information content (AvgIpc) is 3.30. The fourth-order valence-electron chi connectivity index (χ4n) is 4.41. The summed E-state index contributed by atoms with van der Waals surface area (Å²) < 4.78 is 0. The summed E-state index contributed by atoms with van der Waals surface area (Å²) in [7, 11) is 1.61. The predicted molar refractivity (Wildman–Crippen MR) is 124 cm³/mol. The number of pyridine rings is 2. The van der Waals surface area contributed by atoms with Crippen molar-refractivity contribution in [3.8, 4) is 0 Å². The first-order valence-electron chi connectivity index (χ1n) is 10.7. The van der Waals surface area contributed by atoms with E-state index in [1.807, 2.05) is 19.1 Å². The number of H-pyrrole nitrogens is 2. The molecule has 9 nitrogen and oxygen atoms in total. The minimum absolute atomic E-state index is 0.172. The van der Waals surface area contributed by atoms with Crippen molar-refractivity contribution in [2.75, 3.05) is 38.1 Å². The first-order chi connectivity index (χ1) is 15.5. The summed E-state index contributed by atoms with van der Waals surface area (Å²) in [6.45, 7) is 6.39. The van der Waals surface area contributed by atoms with Gasteiger partial charge in [-0.15, -0.1) is 0 Å². The summed E-state index contributed by atoms with van der Waals surface area (Å²) in [6.07, 6.45) is 1.55. The highest BCUT2D eigenvalue weighted by molar-refractivity contribution is 6.01. The molecule has 32 heavy (non-hydrogen) atoms. The van der Waals surface area contributed by atoms with E-state index in [1.165, 1.54) is 0 Å². The predicted octanol–water partition coefficient (Wildman–Crippen LogP) is 1.79. The quantitative estimate of drug-likeness (QED) is 0.454.